The van der Waals surface area contributed by atoms with Gasteiger partial charge in [-0.15, -0.1) is 16.7 Å². The molecule has 1 atom stereocenters. The highest BCUT2D eigenvalue weighted by atomic mass is 35.5. The molecule has 6 heteroatoms. The zero-order chi connectivity index (χ0) is 12.1. The van der Waals surface area contributed by atoms with Crippen molar-refractivity contribution in [2.45, 2.75) is 6.04 Å². The average molecular weight is 268 g/mol. The van der Waals surface area contributed by atoms with E-state index < -0.39 is 0 Å². The third kappa shape index (κ3) is 3.01. The summed E-state index contributed by atoms with van der Waals surface area (Å²) in [7, 11) is 0. The Morgan fingerprint density at radius 3 is 2.76 bits per heavy atom. The molecule has 0 aliphatic rings. The minimum Gasteiger partial charge on any atom is -0.343 e. The van der Waals surface area contributed by atoms with Crippen LogP contribution in [-0.4, -0.2) is 21.4 Å². The van der Waals surface area contributed by atoms with E-state index in [9.17, 15) is 4.79 Å². The molecule has 0 bridgehead atoms. The van der Waals surface area contributed by atoms with Gasteiger partial charge in [-0.3, -0.25) is 4.79 Å². The highest BCUT2D eigenvalue weighted by molar-refractivity contribution is 7.03. The van der Waals surface area contributed by atoms with E-state index in [1.54, 1.807) is 5.38 Å². The van der Waals surface area contributed by atoms with E-state index in [1.165, 1.54) is 0 Å². The van der Waals surface area contributed by atoms with Crippen LogP contribution in [0.5, 0.6) is 0 Å². The summed E-state index contributed by atoms with van der Waals surface area (Å²) in [5.41, 5.74) is 1.29. The fraction of sp³-hybridized carbons (Fsp3) is 0.182. The van der Waals surface area contributed by atoms with Gasteiger partial charge in [0, 0.05) is 11.3 Å². The zero-order valence-electron chi connectivity index (χ0n) is 8.84. The normalized spacial score (nSPS) is 12.1. The number of hydrogen-bond donors (Lipinski definition) is 1. The molecule has 1 aromatic carbocycles. The Bertz CT molecular complexity index is 475. The molecule has 88 valence electrons. The number of alkyl halides is 1. The zero-order valence-corrected chi connectivity index (χ0v) is 10.4. The number of hydrogen-bond acceptors (Lipinski definition) is 4. The molecule has 1 aromatic heterocycles. The number of rotatable bonds is 4. The maximum Gasteiger partial charge on any atom is 0.273 e. The van der Waals surface area contributed by atoms with Crippen LogP contribution in [0.4, 0.5) is 0 Å². The number of nitrogens with one attached hydrogen (secondary N) is 1. The number of nitrogens with zero attached hydrogens (tertiary/aromatic N) is 2. The molecule has 0 aliphatic heterocycles. The highest BCUT2D eigenvalue weighted by Crippen LogP contribution is 2.14. The van der Waals surface area contributed by atoms with E-state index in [0.29, 0.717) is 11.6 Å². The Balaban J connectivity index is 2.09. The number of halogens is 1. The monoisotopic (exact) mass is 267 g/mol. The largest absolute Gasteiger partial charge is 0.343 e. The van der Waals surface area contributed by atoms with Gasteiger partial charge in [0.15, 0.2) is 5.69 Å². The standard InChI is InChI=1S/C11H10ClN3OS/c12-6-9(8-4-2-1-3-5-8)13-11(16)10-7-17-15-14-10/h1-5,7,9H,6H2,(H,13,16). The van der Waals surface area contributed by atoms with Gasteiger partial charge < -0.3 is 5.32 Å². The number of amides is 1. The molecule has 0 fully saturated rings. The number of carbonyl (C=O) groups is 1. The summed E-state index contributed by atoms with van der Waals surface area (Å²) < 4.78 is 3.65. The molecule has 2 rings (SSSR count). The maximum atomic E-state index is 11.8. The van der Waals surface area contributed by atoms with Crippen molar-refractivity contribution < 1.29 is 4.79 Å². The Morgan fingerprint density at radius 1 is 1.41 bits per heavy atom. The predicted octanol–water partition coefficient (Wildman–Crippen LogP) is 2.25. The maximum absolute atomic E-state index is 11.8. The first-order valence-electron chi connectivity index (χ1n) is 5.00. The summed E-state index contributed by atoms with van der Waals surface area (Å²) in [4.78, 5) is 11.8. The summed E-state index contributed by atoms with van der Waals surface area (Å²) in [6.07, 6.45) is 0. The van der Waals surface area contributed by atoms with Gasteiger partial charge in [0.1, 0.15) is 0 Å². The van der Waals surface area contributed by atoms with Gasteiger partial charge in [-0.2, -0.15) is 0 Å². The minimum atomic E-state index is -0.256. The Hall–Kier alpha value is -1.46. The van der Waals surface area contributed by atoms with Crippen molar-refractivity contribution in [1.82, 2.24) is 14.9 Å². The van der Waals surface area contributed by atoms with Gasteiger partial charge in [-0.05, 0) is 17.1 Å². The van der Waals surface area contributed by atoms with Crippen molar-refractivity contribution >= 4 is 29.0 Å². The summed E-state index contributed by atoms with van der Waals surface area (Å²) in [5.74, 6) is 0.0566. The molecule has 0 saturated carbocycles. The molecule has 17 heavy (non-hydrogen) atoms. The minimum absolute atomic E-state index is 0.216. The first kappa shape index (κ1) is 12.0. The molecule has 1 N–H and O–H groups in total. The van der Waals surface area contributed by atoms with Crippen LogP contribution in [0.2, 0.25) is 0 Å². The summed E-state index contributed by atoms with van der Waals surface area (Å²) in [6, 6.07) is 9.36. The topological polar surface area (TPSA) is 54.9 Å². The van der Waals surface area contributed by atoms with Gasteiger partial charge in [-0.25, -0.2) is 0 Å². The third-order valence-corrected chi connectivity index (χ3v) is 3.07. The van der Waals surface area contributed by atoms with E-state index in [0.717, 1.165) is 17.1 Å². The predicted molar refractivity (Wildman–Crippen MR) is 67.3 cm³/mol. The number of aromatic nitrogens is 2. The molecule has 0 saturated heterocycles. The van der Waals surface area contributed by atoms with Crippen LogP contribution in [-0.2, 0) is 0 Å². The molecule has 0 spiro atoms. The molecule has 4 nitrogen and oxygen atoms in total. The summed E-state index contributed by atoms with van der Waals surface area (Å²) in [6.45, 7) is 0. The molecule has 0 radical (unpaired) electrons. The SMILES string of the molecule is O=C(NC(CCl)c1ccccc1)c1csnn1. The Kier molecular flexibility index (Phi) is 4.06. The molecule has 0 aliphatic carbocycles. The second kappa shape index (κ2) is 5.75. The van der Waals surface area contributed by atoms with Crippen molar-refractivity contribution in [2.75, 3.05) is 5.88 Å². The Labute approximate surface area is 108 Å². The van der Waals surface area contributed by atoms with Gasteiger partial charge >= 0.3 is 0 Å². The van der Waals surface area contributed by atoms with Crippen molar-refractivity contribution in [3.63, 3.8) is 0 Å². The first-order valence-corrected chi connectivity index (χ1v) is 6.37. The number of benzene rings is 1. The highest BCUT2D eigenvalue weighted by Gasteiger charge is 2.16. The van der Waals surface area contributed by atoms with E-state index in [-0.39, 0.29) is 11.9 Å². The lowest BCUT2D eigenvalue weighted by Crippen LogP contribution is -2.29. The fourth-order valence-corrected chi connectivity index (χ4v) is 2.08. The molecule has 1 unspecified atom stereocenters. The van der Waals surface area contributed by atoms with E-state index in [1.807, 2.05) is 30.3 Å². The average Bonchev–Trinajstić information content (AvgIpc) is 2.90. The van der Waals surface area contributed by atoms with Crippen LogP contribution in [0.25, 0.3) is 0 Å². The van der Waals surface area contributed by atoms with Crippen LogP contribution in [0.15, 0.2) is 35.7 Å². The van der Waals surface area contributed by atoms with Crippen molar-refractivity contribution in [1.29, 1.82) is 0 Å². The second-order valence-corrected chi connectivity index (χ2v) is 4.30. The van der Waals surface area contributed by atoms with Crippen LogP contribution in [0.1, 0.15) is 22.1 Å². The molecule has 2 aromatic rings. The van der Waals surface area contributed by atoms with Crippen LogP contribution < -0.4 is 5.32 Å². The molecule has 1 amide bonds. The van der Waals surface area contributed by atoms with E-state index in [4.69, 9.17) is 11.6 Å². The lowest BCUT2D eigenvalue weighted by molar-refractivity contribution is 0.0935. The summed E-state index contributed by atoms with van der Waals surface area (Å²) in [5, 5.41) is 8.13. The first-order chi connectivity index (χ1) is 8.31. The van der Waals surface area contributed by atoms with Crippen LogP contribution >= 0.6 is 23.1 Å². The van der Waals surface area contributed by atoms with E-state index >= 15 is 0 Å². The smallest absolute Gasteiger partial charge is 0.273 e. The Morgan fingerprint density at radius 2 is 2.18 bits per heavy atom. The van der Waals surface area contributed by atoms with E-state index in [2.05, 4.69) is 14.9 Å². The van der Waals surface area contributed by atoms with Gasteiger partial charge in [0.2, 0.25) is 0 Å². The quantitative estimate of drug-likeness (QED) is 0.865. The number of carbonyl (C=O) groups excluding carboxylic acids is 1. The van der Waals surface area contributed by atoms with Crippen LogP contribution in [0.3, 0.4) is 0 Å². The van der Waals surface area contributed by atoms with Crippen LogP contribution in [0, 0.1) is 0 Å². The summed E-state index contributed by atoms with van der Waals surface area (Å²) >= 11 is 7.00. The van der Waals surface area contributed by atoms with Crippen molar-refractivity contribution in [3.8, 4) is 0 Å². The van der Waals surface area contributed by atoms with Gasteiger partial charge in [0.25, 0.3) is 5.91 Å². The second-order valence-electron chi connectivity index (χ2n) is 3.38. The van der Waals surface area contributed by atoms with Crippen molar-refractivity contribution in [2.24, 2.45) is 0 Å². The van der Waals surface area contributed by atoms with Gasteiger partial charge in [0.05, 0.1) is 6.04 Å². The van der Waals surface area contributed by atoms with Crippen molar-refractivity contribution in [3.05, 3.63) is 47.0 Å². The molecule has 1 heterocycles. The molecular formula is C11H10ClN3OS. The van der Waals surface area contributed by atoms with Gasteiger partial charge in [-0.1, -0.05) is 34.8 Å². The third-order valence-electron chi connectivity index (χ3n) is 2.25. The lowest BCUT2D eigenvalue weighted by atomic mass is 10.1. The lowest BCUT2D eigenvalue weighted by Gasteiger charge is -2.15. The molecular weight excluding hydrogens is 258 g/mol. The fourth-order valence-electron chi connectivity index (χ4n) is 1.39.